The SMILES string of the molecule is CC(=O)c1ccc(-n2cc[n+](Cc3ccccn3)c2)cc1. The smallest absolute Gasteiger partial charge is 0.249 e. The second-order valence-electron chi connectivity index (χ2n) is 4.92. The maximum Gasteiger partial charge on any atom is 0.249 e. The fourth-order valence-electron chi connectivity index (χ4n) is 2.19. The van der Waals surface area contributed by atoms with Crippen LogP contribution in [-0.2, 0) is 6.54 Å². The van der Waals surface area contributed by atoms with Gasteiger partial charge in [0.2, 0.25) is 6.33 Å². The summed E-state index contributed by atoms with van der Waals surface area (Å²) in [4.78, 5) is 15.6. The Morgan fingerprint density at radius 1 is 1.19 bits per heavy atom. The number of benzene rings is 1. The molecule has 2 aromatic heterocycles. The molecule has 0 N–H and O–H groups in total. The molecule has 0 atom stereocenters. The van der Waals surface area contributed by atoms with E-state index in [1.165, 1.54) is 0 Å². The third-order valence-corrected chi connectivity index (χ3v) is 3.33. The van der Waals surface area contributed by atoms with Crippen LogP contribution in [0, 0.1) is 0 Å². The van der Waals surface area contributed by atoms with Gasteiger partial charge in [-0.3, -0.25) is 9.78 Å². The van der Waals surface area contributed by atoms with Crippen molar-refractivity contribution in [2.45, 2.75) is 13.5 Å². The molecule has 3 rings (SSSR count). The summed E-state index contributed by atoms with van der Waals surface area (Å²) in [6.45, 7) is 2.31. The molecule has 0 spiro atoms. The lowest BCUT2D eigenvalue weighted by Crippen LogP contribution is -2.31. The fraction of sp³-hybridized carbons (Fsp3) is 0.118. The Morgan fingerprint density at radius 2 is 2.00 bits per heavy atom. The molecule has 0 unspecified atom stereocenters. The van der Waals surface area contributed by atoms with E-state index in [2.05, 4.69) is 9.55 Å². The molecule has 0 bridgehead atoms. The van der Waals surface area contributed by atoms with Gasteiger partial charge in [0.05, 0.1) is 5.69 Å². The van der Waals surface area contributed by atoms with Crippen LogP contribution in [0.2, 0.25) is 0 Å². The van der Waals surface area contributed by atoms with E-state index >= 15 is 0 Å². The van der Waals surface area contributed by atoms with Gasteiger partial charge < -0.3 is 0 Å². The zero-order valence-corrected chi connectivity index (χ0v) is 11.8. The summed E-state index contributed by atoms with van der Waals surface area (Å²) >= 11 is 0. The summed E-state index contributed by atoms with van der Waals surface area (Å²) in [7, 11) is 0. The van der Waals surface area contributed by atoms with E-state index in [1.54, 1.807) is 13.1 Å². The Kier molecular flexibility index (Phi) is 3.60. The highest BCUT2D eigenvalue weighted by Gasteiger charge is 2.08. The van der Waals surface area contributed by atoms with Crippen molar-refractivity contribution in [3.05, 3.63) is 78.6 Å². The van der Waals surface area contributed by atoms with Crippen LogP contribution in [0.5, 0.6) is 0 Å². The van der Waals surface area contributed by atoms with Crippen LogP contribution in [0.3, 0.4) is 0 Å². The maximum atomic E-state index is 11.3. The second-order valence-corrected chi connectivity index (χ2v) is 4.92. The van der Waals surface area contributed by atoms with Gasteiger partial charge >= 0.3 is 0 Å². The number of ketones is 1. The number of aromatic nitrogens is 3. The Bertz CT molecular complexity index is 745. The molecule has 4 nitrogen and oxygen atoms in total. The highest BCUT2D eigenvalue weighted by Crippen LogP contribution is 2.09. The predicted molar refractivity (Wildman–Crippen MR) is 79.3 cm³/mol. The minimum atomic E-state index is 0.0827. The van der Waals surface area contributed by atoms with Gasteiger partial charge in [0.15, 0.2) is 5.78 Å². The molecule has 2 heterocycles. The third kappa shape index (κ3) is 3.05. The van der Waals surface area contributed by atoms with Crippen LogP contribution < -0.4 is 4.57 Å². The zero-order chi connectivity index (χ0) is 14.7. The molecule has 3 aromatic rings. The topological polar surface area (TPSA) is 38.8 Å². The van der Waals surface area contributed by atoms with Crippen molar-refractivity contribution in [2.24, 2.45) is 0 Å². The number of hydrogen-bond acceptors (Lipinski definition) is 2. The molecule has 1 aromatic carbocycles. The van der Waals surface area contributed by atoms with Gasteiger partial charge in [-0.1, -0.05) is 6.07 Å². The van der Waals surface area contributed by atoms with Crippen LogP contribution in [0.25, 0.3) is 5.69 Å². The van der Waals surface area contributed by atoms with Crippen LogP contribution in [-0.4, -0.2) is 15.3 Å². The summed E-state index contributed by atoms with van der Waals surface area (Å²) in [5.74, 6) is 0.0827. The molecule has 0 fully saturated rings. The lowest BCUT2D eigenvalue weighted by Gasteiger charge is -1.98. The predicted octanol–water partition coefficient (Wildman–Crippen LogP) is 2.41. The van der Waals surface area contributed by atoms with Crippen LogP contribution in [0.1, 0.15) is 23.0 Å². The maximum absolute atomic E-state index is 11.3. The summed E-state index contributed by atoms with van der Waals surface area (Å²) in [6.07, 6.45) is 7.81. The van der Waals surface area contributed by atoms with Crippen molar-refractivity contribution < 1.29 is 9.36 Å². The van der Waals surface area contributed by atoms with E-state index in [1.807, 2.05) is 65.8 Å². The molecule has 21 heavy (non-hydrogen) atoms. The van der Waals surface area contributed by atoms with E-state index in [9.17, 15) is 4.79 Å². The molecule has 0 radical (unpaired) electrons. The van der Waals surface area contributed by atoms with Gasteiger partial charge in [-0.2, -0.15) is 0 Å². The van der Waals surface area contributed by atoms with E-state index in [4.69, 9.17) is 0 Å². The van der Waals surface area contributed by atoms with E-state index < -0.39 is 0 Å². The number of carbonyl (C=O) groups is 1. The minimum Gasteiger partial charge on any atom is -0.295 e. The lowest BCUT2D eigenvalue weighted by molar-refractivity contribution is -0.688. The van der Waals surface area contributed by atoms with Crippen LogP contribution in [0.4, 0.5) is 0 Å². The van der Waals surface area contributed by atoms with Crippen molar-refractivity contribution in [1.29, 1.82) is 0 Å². The summed E-state index contributed by atoms with van der Waals surface area (Å²) in [5, 5.41) is 0. The minimum absolute atomic E-state index is 0.0827. The second kappa shape index (κ2) is 5.71. The Morgan fingerprint density at radius 3 is 2.67 bits per heavy atom. The molecule has 0 saturated heterocycles. The van der Waals surface area contributed by atoms with Gasteiger partial charge in [0.1, 0.15) is 24.6 Å². The quantitative estimate of drug-likeness (QED) is 0.543. The standard InChI is InChI=1S/C17H16N3O/c1-14(21)15-5-7-17(8-6-15)20-11-10-19(13-20)12-16-4-2-3-9-18-16/h2-11,13H,12H2,1H3/q+1. The van der Waals surface area contributed by atoms with Gasteiger partial charge in [-0.15, -0.1) is 0 Å². The highest BCUT2D eigenvalue weighted by molar-refractivity contribution is 5.94. The number of Topliss-reactive ketones (excluding diaryl/α,β-unsaturated/α-hetero) is 1. The van der Waals surface area contributed by atoms with E-state index in [0.29, 0.717) is 0 Å². The summed E-state index contributed by atoms with van der Waals surface area (Å²) < 4.78 is 4.09. The first-order chi connectivity index (χ1) is 10.2. The van der Waals surface area contributed by atoms with Crippen LogP contribution in [0.15, 0.2) is 67.4 Å². The van der Waals surface area contributed by atoms with E-state index in [-0.39, 0.29) is 5.78 Å². The molecule has 0 aliphatic heterocycles. The average Bonchev–Trinajstić information content (AvgIpc) is 2.97. The van der Waals surface area contributed by atoms with Gasteiger partial charge in [0.25, 0.3) is 0 Å². The molecular formula is C17H16N3O+. The third-order valence-electron chi connectivity index (χ3n) is 3.33. The largest absolute Gasteiger partial charge is 0.295 e. The molecule has 0 amide bonds. The molecule has 4 heteroatoms. The number of imidazole rings is 1. The summed E-state index contributed by atoms with van der Waals surface area (Å²) in [5.41, 5.74) is 2.78. The van der Waals surface area contributed by atoms with Crippen molar-refractivity contribution in [3.63, 3.8) is 0 Å². The monoisotopic (exact) mass is 278 g/mol. The molecule has 0 aliphatic carbocycles. The van der Waals surface area contributed by atoms with E-state index in [0.717, 1.165) is 23.5 Å². The number of nitrogens with zero attached hydrogens (tertiary/aromatic N) is 3. The lowest BCUT2D eigenvalue weighted by atomic mass is 10.1. The van der Waals surface area contributed by atoms with Crippen molar-refractivity contribution >= 4 is 5.78 Å². The van der Waals surface area contributed by atoms with Crippen LogP contribution >= 0.6 is 0 Å². The van der Waals surface area contributed by atoms with Gasteiger partial charge in [-0.25, -0.2) is 9.13 Å². The summed E-state index contributed by atoms with van der Waals surface area (Å²) in [6, 6.07) is 13.5. The Hall–Kier alpha value is -2.75. The number of hydrogen-bond donors (Lipinski definition) is 0. The highest BCUT2D eigenvalue weighted by atomic mass is 16.1. The number of pyridine rings is 1. The first-order valence-corrected chi connectivity index (χ1v) is 6.81. The Labute approximate surface area is 123 Å². The normalized spacial score (nSPS) is 10.5. The fourth-order valence-corrected chi connectivity index (χ4v) is 2.19. The van der Waals surface area contributed by atoms with Crippen molar-refractivity contribution in [2.75, 3.05) is 0 Å². The van der Waals surface area contributed by atoms with Gasteiger partial charge in [-0.05, 0) is 43.3 Å². The first-order valence-electron chi connectivity index (χ1n) is 6.81. The molecular weight excluding hydrogens is 262 g/mol. The molecule has 0 aliphatic rings. The number of rotatable bonds is 4. The first kappa shape index (κ1) is 13.2. The number of carbonyl (C=O) groups excluding carboxylic acids is 1. The average molecular weight is 278 g/mol. The van der Waals surface area contributed by atoms with Crippen molar-refractivity contribution in [1.82, 2.24) is 9.55 Å². The zero-order valence-electron chi connectivity index (χ0n) is 11.8. The molecule has 0 saturated carbocycles. The van der Waals surface area contributed by atoms with Gasteiger partial charge in [0, 0.05) is 11.8 Å². The Balaban J connectivity index is 1.80. The molecule has 104 valence electrons. The van der Waals surface area contributed by atoms with Crippen molar-refractivity contribution in [3.8, 4) is 5.69 Å².